The molecule has 0 bridgehead atoms. The molecule has 3 nitrogen and oxygen atoms in total. The van der Waals surface area contributed by atoms with Gasteiger partial charge in [-0.2, -0.15) is 0 Å². The van der Waals surface area contributed by atoms with Crippen LogP contribution in [-0.4, -0.2) is 34.1 Å². The third-order valence-corrected chi connectivity index (χ3v) is 6.96. The molecule has 0 aromatic rings. The molecule has 0 rings (SSSR count). The zero-order valence-electron chi connectivity index (χ0n) is 21.9. The molecule has 3 heteroatoms. The molecular formula is C29H60O3. The Morgan fingerprint density at radius 3 is 0.906 bits per heavy atom. The van der Waals surface area contributed by atoms with Crippen LogP contribution in [0.3, 0.4) is 0 Å². The fraction of sp³-hybridized carbons (Fsp3) is 1.00. The molecular weight excluding hydrogens is 396 g/mol. The third-order valence-electron chi connectivity index (χ3n) is 6.96. The largest absolute Gasteiger partial charge is 0.396 e. The number of hydrogen-bond donors (Lipinski definition) is 3. The van der Waals surface area contributed by atoms with Gasteiger partial charge in [-0.1, -0.05) is 148 Å². The predicted octanol–water partition coefficient (Wildman–Crippen LogP) is 8.47. The number of aliphatic hydroxyl groups excluding tert-OH is 3. The van der Waals surface area contributed by atoms with Gasteiger partial charge in [-0.25, -0.2) is 0 Å². The maximum absolute atomic E-state index is 10.1. The summed E-state index contributed by atoms with van der Waals surface area (Å²) < 4.78 is 0. The first-order chi connectivity index (χ1) is 15.7. The molecule has 0 saturated heterocycles. The molecule has 2 atom stereocenters. The van der Waals surface area contributed by atoms with Gasteiger partial charge in [0.1, 0.15) is 0 Å². The zero-order valence-corrected chi connectivity index (χ0v) is 21.9. The van der Waals surface area contributed by atoms with Crippen molar-refractivity contribution < 1.29 is 15.3 Å². The topological polar surface area (TPSA) is 60.7 Å². The van der Waals surface area contributed by atoms with Crippen LogP contribution in [0.1, 0.15) is 167 Å². The van der Waals surface area contributed by atoms with Crippen LogP contribution in [0, 0.1) is 0 Å². The van der Waals surface area contributed by atoms with Crippen molar-refractivity contribution in [2.24, 2.45) is 0 Å². The highest BCUT2D eigenvalue weighted by Crippen LogP contribution is 2.16. The molecule has 0 aliphatic rings. The number of aliphatic hydroxyl groups is 3. The predicted molar refractivity (Wildman–Crippen MR) is 140 cm³/mol. The molecule has 0 fully saturated rings. The first kappa shape index (κ1) is 31.9. The van der Waals surface area contributed by atoms with E-state index in [1.54, 1.807) is 0 Å². The molecule has 3 N–H and O–H groups in total. The Bertz CT molecular complexity index is 334. The van der Waals surface area contributed by atoms with Crippen LogP contribution in [0.5, 0.6) is 0 Å². The van der Waals surface area contributed by atoms with E-state index in [0.29, 0.717) is 6.61 Å². The summed E-state index contributed by atoms with van der Waals surface area (Å²) in [5, 5.41) is 29.0. The van der Waals surface area contributed by atoms with E-state index in [2.05, 4.69) is 6.92 Å². The van der Waals surface area contributed by atoms with Crippen LogP contribution in [0.15, 0.2) is 0 Å². The molecule has 0 aromatic heterocycles. The number of rotatable bonds is 27. The van der Waals surface area contributed by atoms with Gasteiger partial charge < -0.3 is 15.3 Å². The first-order valence-electron chi connectivity index (χ1n) is 14.7. The van der Waals surface area contributed by atoms with Gasteiger partial charge in [0, 0.05) is 6.61 Å². The molecule has 0 aromatic carbocycles. The van der Waals surface area contributed by atoms with Crippen molar-refractivity contribution >= 4 is 0 Å². The van der Waals surface area contributed by atoms with Gasteiger partial charge >= 0.3 is 0 Å². The van der Waals surface area contributed by atoms with Crippen molar-refractivity contribution in [3.8, 4) is 0 Å². The highest BCUT2D eigenvalue weighted by molar-refractivity contribution is 4.67. The average molecular weight is 457 g/mol. The highest BCUT2D eigenvalue weighted by Gasteiger charge is 2.15. The quantitative estimate of drug-likeness (QED) is 0.109. The molecule has 0 aliphatic heterocycles. The highest BCUT2D eigenvalue weighted by atomic mass is 16.3. The Balaban J connectivity index is 3.22. The van der Waals surface area contributed by atoms with E-state index in [4.69, 9.17) is 5.11 Å². The summed E-state index contributed by atoms with van der Waals surface area (Å²) in [5.74, 6) is 0. The zero-order chi connectivity index (χ0) is 23.5. The van der Waals surface area contributed by atoms with E-state index in [0.717, 1.165) is 32.1 Å². The Morgan fingerprint density at radius 2 is 0.625 bits per heavy atom. The van der Waals surface area contributed by atoms with Gasteiger partial charge in [0.05, 0.1) is 12.2 Å². The van der Waals surface area contributed by atoms with Crippen LogP contribution in [0.4, 0.5) is 0 Å². The number of unbranched alkanes of at least 4 members (excludes halogenated alkanes) is 21. The summed E-state index contributed by atoms with van der Waals surface area (Å²) in [5.41, 5.74) is 0. The second-order valence-corrected chi connectivity index (χ2v) is 10.2. The SMILES string of the molecule is CCCCCCCCC(O)C(O)CCCCCCCCCCCCCCCCCCCO. The fourth-order valence-electron chi connectivity index (χ4n) is 4.64. The molecule has 0 amide bonds. The molecule has 0 radical (unpaired) electrons. The lowest BCUT2D eigenvalue weighted by Gasteiger charge is -2.17. The molecule has 0 spiro atoms. The minimum absolute atomic E-state index is 0.356. The summed E-state index contributed by atoms with van der Waals surface area (Å²) in [6, 6.07) is 0. The molecule has 32 heavy (non-hydrogen) atoms. The van der Waals surface area contributed by atoms with Crippen LogP contribution in [0.25, 0.3) is 0 Å². The average Bonchev–Trinajstić information content (AvgIpc) is 2.80. The Hall–Kier alpha value is -0.120. The lowest BCUT2D eigenvalue weighted by atomic mass is 9.99. The summed E-state index contributed by atoms with van der Waals surface area (Å²) in [6.45, 7) is 2.59. The van der Waals surface area contributed by atoms with E-state index >= 15 is 0 Å². The van der Waals surface area contributed by atoms with E-state index in [1.165, 1.54) is 128 Å². The van der Waals surface area contributed by atoms with Crippen LogP contribution < -0.4 is 0 Å². The van der Waals surface area contributed by atoms with Crippen LogP contribution in [0.2, 0.25) is 0 Å². The van der Waals surface area contributed by atoms with Crippen molar-refractivity contribution in [3.63, 3.8) is 0 Å². The summed E-state index contributed by atoms with van der Waals surface area (Å²) in [4.78, 5) is 0. The maximum Gasteiger partial charge on any atom is 0.0799 e. The van der Waals surface area contributed by atoms with Gasteiger partial charge in [-0.05, 0) is 19.3 Å². The maximum atomic E-state index is 10.1. The summed E-state index contributed by atoms with van der Waals surface area (Å²) in [7, 11) is 0. The van der Waals surface area contributed by atoms with Gasteiger partial charge in [0.25, 0.3) is 0 Å². The monoisotopic (exact) mass is 456 g/mol. The van der Waals surface area contributed by atoms with Gasteiger partial charge in [-0.3, -0.25) is 0 Å². The fourth-order valence-corrected chi connectivity index (χ4v) is 4.64. The Morgan fingerprint density at radius 1 is 0.375 bits per heavy atom. The van der Waals surface area contributed by atoms with Gasteiger partial charge in [0.2, 0.25) is 0 Å². The van der Waals surface area contributed by atoms with Crippen molar-refractivity contribution in [3.05, 3.63) is 0 Å². The second-order valence-electron chi connectivity index (χ2n) is 10.2. The molecule has 194 valence electrons. The second kappa shape index (κ2) is 27.1. The number of hydrogen-bond acceptors (Lipinski definition) is 3. The molecule has 0 saturated carbocycles. The molecule has 0 heterocycles. The standard InChI is InChI=1S/C29H60O3/c1-2-3-4-5-19-22-25-28(31)29(32)26-23-20-17-15-13-11-9-7-6-8-10-12-14-16-18-21-24-27-30/h28-32H,2-27H2,1H3. The minimum atomic E-state index is -0.517. The van der Waals surface area contributed by atoms with E-state index in [1.807, 2.05) is 0 Å². The van der Waals surface area contributed by atoms with Gasteiger partial charge in [-0.15, -0.1) is 0 Å². The van der Waals surface area contributed by atoms with Crippen molar-refractivity contribution in [1.82, 2.24) is 0 Å². The molecule has 2 unspecified atom stereocenters. The van der Waals surface area contributed by atoms with E-state index in [-0.39, 0.29) is 0 Å². The normalized spacial score (nSPS) is 13.5. The lowest BCUT2D eigenvalue weighted by Crippen LogP contribution is -2.25. The first-order valence-corrected chi connectivity index (χ1v) is 14.7. The van der Waals surface area contributed by atoms with Crippen LogP contribution in [-0.2, 0) is 0 Å². The Kier molecular flexibility index (Phi) is 27.0. The lowest BCUT2D eigenvalue weighted by molar-refractivity contribution is 0.00712. The van der Waals surface area contributed by atoms with E-state index < -0.39 is 12.2 Å². The summed E-state index contributed by atoms with van der Waals surface area (Å²) in [6.07, 6.45) is 30.1. The molecule has 0 aliphatic carbocycles. The summed E-state index contributed by atoms with van der Waals surface area (Å²) >= 11 is 0. The van der Waals surface area contributed by atoms with Crippen molar-refractivity contribution in [1.29, 1.82) is 0 Å². The van der Waals surface area contributed by atoms with E-state index in [9.17, 15) is 10.2 Å². The minimum Gasteiger partial charge on any atom is -0.396 e. The smallest absolute Gasteiger partial charge is 0.0799 e. The van der Waals surface area contributed by atoms with Crippen molar-refractivity contribution in [2.45, 2.75) is 180 Å². The van der Waals surface area contributed by atoms with Crippen molar-refractivity contribution in [2.75, 3.05) is 6.61 Å². The Labute approximate surface area is 201 Å². The third kappa shape index (κ3) is 24.5. The van der Waals surface area contributed by atoms with Crippen LogP contribution >= 0.6 is 0 Å². The van der Waals surface area contributed by atoms with Gasteiger partial charge in [0.15, 0.2) is 0 Å².